The molecule has 2 aromatic heterocycles. The minimum absolute atomic E-state index is 0.250. The largest absolute Gasteiger partial charge is 0.513 e. The first-order chi connectivity index (χ1) is 13.0. The predicted octanol–water partition coefficient (Wildman–Crippen LogP) is 3.97. The number of aromatic hydroxyl groups is 1. The monoisotopic (exact) mass is 370 g/mol. The van der Waals surface area contributed by atoms with E-state index < -0.39 is 6.16 Å². The van der Waals surface area contributed by atoms with E-state index in [-0.39, 0.29) is 5.75 Å². The summed E-state index contributed by atoms with van der Waals surface area (Å²) in [6, 6.07) is 5.48. The number of nitrogens with one attached hydrogen (secondary N) is 1. The van der Waals surface area contributed by atoms with Gasteiger partial charge in [0, 0.05) is 17.3 Å². The van der Waals surface area contributed by atoms with Crippen LogP contribution in [-0.2, 0) is 11.2 Å². The smallest absolute Gasteiger partial charge is 0.508 e. The summed E-state index contributed by atoms with van der Waals surface area (Å²) in [6.45, 7) is 3.92. The molecule has 3 rings (SSSR count). The highest BCUT2D eigenvalue weighted by atomic mass is 16.7. The van der Waals surface area contributed by atoms with Gasteiger partial charge >= 0.3 is 6.16 Å². The second-order valence-electron chi connectivity index (χ2n) is 6.15. The zero-order chi connectivity index (χ0) is 19.4. The number of anilines is 2. The summed E-state index contributed by atoms with van der Waals surface area (Å²) < 4.78 is 11.2. The Balaban J connectivity index is 1.91. The molecule has 0 saturated carbocycles. The molecule has 2 N–H and O–H groups in total. The van der Waals surface area contributed by atoms with Crippen molar-refractivity contribution in [3.05, 3.63) is 41.9 Å². The molecule has 0 radical (unpaired) electrons. The van der Waals surface area contributed by atoms with E-state index in [0.29, 0.717) is 28.3 Å². The van der Waals surface area contributed by atoms with E-state index in [2.05, 4.69) is 27.1 Å². The minimum atomic E-state index is -0.802. The van der Waals surface area contributed by atoms with Crippen molar-refractivity contribution >= 4 is 23.2 Å². The predicted molar refractivity (Wildman–Crippen MR) is 101 cm³/mol. The van der Waals surface area contributed by atoms with Gasteiger partial charge in [-0.25, -0.2) is 14.3 Å². The highest BCUT2D eigenvalue weighted by molar-refractivity contribution is 5.80. The fraction of sp³-hybridized carbons (Fsp3) is 0.316. The molecule has 0 spiro atoms. The zero-order valence-corrected chi connectivity index (χ0v) is 15.5. The van der Waals surface area contributed by atoms with Crippen molar-refractivity contribution in [1.29, 1.82) is 0 Å². The molecule has 0 aliphatic rings. The number of carbonyl (C=O) groups excluding carboxylic acids is 1. The molecular formula is C19H22N4O4. The third-order valence-corrected chi connectivity index (χ3v) is 4.29. The Labute approximate surface area is 156 Å². The van der Waals surface area contributed by atoms with Gasteiger partial charge in [0.05, 0.1) is 13.3 Å². The number of fused-ring (bicyclic) bond motifs is 1. The number of rotatable bonds is 6. The van der Waals surface area contributed by atoms with Crippen molar-refractivity contribution < 1.29 is 19.4 Å². The summed E-state index contributed by atoms with van der Waals surface area (Å²) in [7, 11) is 1.25. The molecule has 1 aromatic carbocycles. The van der Waals surface area contributed by atoms with Crippen LogP contribution in [0.4, 0.5) is 16.3 Å². The second-order valence-corrected chi connectivity index (χ2v) is 6.15. The van der Waals surface area contributed by atoms with Gasteiger partial charge in [-0.1, -0.05) is 19.4 Å². The van der Waals surface area contributed by atoms with Crippen molar-refractivity contribution in [2.24, 2.45) is 0 Å². The van der Waals surface area contributed by atoms with E-state index in [9.17, 15) is 9.90 Å². The van der Waals surface area contributed by atoms with E-state index in [1.807, 2.05) is 12.1 Å². The van der Waals surface area contributed by atoms with Crippen molar-refractivity contribution in [3.63, 3.8) is 0 Å². The number of ether oxygens (including phenoxy) is 2. The van der Waals surface area contributed by atoms with Crippen molar-refractivity contribution in [1.82, 2.24) is 14.6 Å². The molecular weight excluding hydrogens is 348 g/mol. The molecule has 3 aromatic rings. The summed E-state index contributed by atoms with van der Waals surface area (Å²) in [4.78, 5) is 15.7. The van der Waals surface area contributed by atoms with Crippen LogP contribution in [0, 0.1) is 6.92 Å². The molecule has 0 amide bonds. The fourth-order valence-electron chi connectivity index (χ4n) is 2.82. The molecule has 0 bridgehead atoms. The van der Waals surface area contributed by atoms with Crippen molar-refractivity contribution in [3.8, 4) is 11.5 Å². The average molecular weight is 370 g/mol. The first-order valence-corrected chi connectivity index (χ1v) is 8.71. The minimum Gasteiger partial charge on any atom is -0.508 e. The van der Waals surface area contributed by atoms with Gasteiger partial charge in [0.1, 0.15) is 17.6 Å². The zero-order valence-electron chi connectivity index (χ0n) is 15.5. The standard InChI is InChI=1S/C19H22N4O4/c1-4-5-6-13-7-8-14(9-15(13)24)22-18-17-12(2)16(27-19(25)26-3)10-23(17)21-11-20-18/h7-11,24H,4-6H2,1-3H3,(H,20,21,22). The Morgan fingerprint density at radius 1 is 1.37 bits per heavy atom. The number of methoxy groups -OCH3 is 1. The topological polar surface area (TPSA) is 98.0 Å². The summed E-state index contributed by atoms with van der Waals surface area (Å²) in [5.74, 6) is 1.12. The molecule has 2 heterocycles. The first kappa shape index (κ1) is 18.5. The third-order valence-electron chi connectivity index (χ3n) is 4.29. The number of unbranched alkanes of at least 4 members (excludes halogenated alkanes) is 1. The molecule has 8 nitrogen and oxygen atoms in total. The molecule has 0 aliphatic carbocycles. The van der Waals surface area contributed by atoms with Gasteiger partial charge in [0.15, 0.2) is 11.6 Å². The Morgan fingerprint density at radius 2 is 2.19 bits per heavy atom. The molecule has 142 valence electrons. The number of phenols is 1. The Morgan fingerprint density at radius 3 is 2.89 bits per heavy atom. The lowest BCUT2D eigenvalue weighted by Crippen LogP contribution is -2.07. The van der Waals surface area contributed by atoms with Crippen LogP contribution in [0.3, 0.4) is 0 Å². The highest BCUT2D eigenvalue weighted by Gasteiger charge is 2.17. The number of phenolic OH excluding ortho intramolecular Hbond substituents is 1. The lowest BCUT2D eigenvalue weighted by atomic mass is 10.1. The molecule has 0 atom stereocenters. The molecule has 0 aliphatic heterocycles. The summed E-state index contributed by atoms with van der Waals surface area (Å²) in [5.41, 5.74) is 2.96. The number of aryl methyl sites for hydroxylation is 2. The van der Waals surface area contributed by atoms with Gasteiger partial charge in [-0.15, -0.1) is 0 Å². The first-order valence-electron chi connectivity index (χ1n) is 8.71. The van der Waals surface area contributed by atoms with Gasteiger partial charge in [-0.2, -0.15) is 5.10 Å². The number of aromatic nitrogens is 3. The number of hydrogen-bond donors (Lipinski definition) is 2. The van der Waals surface area contributed by atoms with Crippen molar-refractivity contribution in [2.45, 2.75) is 33.1 Å². The number of hydrogen-bond acceptors (Lipinski definition) is 7. The van der Waals surface area contributed by atoms with Crippen LogP contribution >= 0.6 is 0 Å². The summed E-state index contributed by atoms with van der Waals surface area (Å²) in [5, 5.41) is 17.6. The number of nitrogens with zero attached hydrogens (tertiary/aromatic N) is 3. The van der Waals surface area contributed by atoms with E-state index in [1.165, 1.54) is 13.4 Å². The Hall–Kier alpha value is -3.29. The van der Waals surface area contributed by atoms with Crippen LogP contribution in [0.1, 0.15) is 30.9 Å². The quantitative estimate of drug-likeness (QED) is 0.633. The van der Waals surface area contributed by atoms with E-state index in [1.54, 1.807) is 23.7 Å². The molecule has 0 fully saturated rings. The van der Waals surface area contributed by atoms with E-state index in [4.69, 9.17) is 4.74 Å². The van der Waals surface area contributed by atoms with Crippen LogP contribution in [0.5, 0.6) is 11.5 Å². The summed E-state index contributed by atoms with van der Waals surface area (Å²) in [6.07, 6.45) is 5.11. The maximum absolute atomic E-state index is 11.4. The van der Waals surface area contributed by atoms with Gasteiger partial charge in [0.2, 0.25) is 0 Å². The second kappa shape index (κ2) is 7.94. The van der Waals surface area contributed by atoms with Gasteiger partial charge in [-0.3, -0.25) is 0 Å². The maximum atomic E-state index is 11.4. The Bertz CT molecular complexity index is 968. The SMILES string of the molecule is CCCCc1ccc(Nc2ncnn3cc(OC(=O)OC)c(C)c23)cc1O. The fourth-order valence-corrected chi connectivity index (χ4v) is 2.82. The average Bonchev–Trinajstić information content (AvgIpc) is 2.97. The number of benzene rings is 1. The molecule has 0 unspecified atom stereocenters. The summed E-state index contributed by atoms with van der Waals surface area (Å²) >= 11 is 0. The Kier molecular flexibility index (Phi) is 5.44. The van der Waals surface area contributed by atoms with Crippen LogP contribution in [0.15, 0.2) is 30.7 Å². The normalized spacial score (nSPS) is 10.8. The molecule has 8 heteroatoms. The van der Waals surface area contributed by atoms with Crippen LogP contribution in [0.25, 0.3) is 5.52 Å². The van der Waals surface area contributed by atoms with Gasteiger partial charge in [-0.05, 0) is 31.4 Å². The van der Waals surface area contributed by atoms with Crippen LogP contribution in [0.2, 0.25) is 0 Å². The van der Waals surface area contributed by atoms with E-state index in [0.717, 1.165) is 24.8 Å². The maximum Gasteiger partial charge on any atom is 0.513 e. The molecule has 27 heavy (non-hydrogen) atoms. The number of carbonyl (C=O) groups is 1. The van der Waals surface area contributed by atoms with Gasteiger partial charge < -0.3 is 19.9 Å². The van der Waals surface area contributed by atoms with Crippen LogP contribution in [-0.4, -0.2) is 33.0 Å². The van der Waals surface area contributed by atoms with Gasteiger partial charge in [0.25, 0.3) is 0 Å². The van der Waals surface area contributed by atoms with Crippen LogP contribution < -0.4 is 10.1 Å². The van der Waals surface area contributed by atoms with E-state index >= 15 is 0 Å². The lowest BCUT2D eigenvalue weighted by molar-refractivity contribution is 0.121. The highest BCUT2D eigenvalue weighted by Crippen LogP contribution is 2.31. The molecule has 0 saturated heterocycles. The van der Waals surface area contributed by atoms with Crippen molar-refractivity contribution in [2.75, 3.05) is 12.4 Å². The third kappa shape index (κ3) is 3.94. The lowest BCUT2D eigenvalue weighted by Gasteiger charge is -2.10.